The number of ketones is 1. The average Bonchev–Trinajstić information content (AvgIpc) is 2.66. The summed E-state index contributed by atoms with van der Waals surface area (Å²) in [6.45, 7) is 4.61. The van der Waals surface area contributed by atoms with Crippen molar-refractivity contribution in [2.24, 2.45) is 0 Å². The van der Waals surface area contributed by atoms with Crippen molar-refractivity contribution in [3.63, 3.8) is 0 Å². The number of hydrogen-bond acceptors (Lipinski definition) is 3. The molecule has 26 heavy (non-hydrogen) atoms. The number of carbonyl (C=O) groups is 1. The molecule has 2 unspecified atom stereocenters. The first-order chi connectivity index (χ1) is 12.6. The molecule has 0 fully saturated rings. The van der Waals surface area contributed by atoms with Crippen molar-refractivity contribution in [1.82, 2.24) is 5.32 Å². The second kappa shape index (κ2) is 10.7. The molecule has 3 nitrogen and oxygen atoms in total. The molecule has 0 saturated heterocycles. The molecule has 138 valence electrons. The summed E-state index contributed by atoms with van der Waals surface area (Å²) in [6, 6.07) is 19.4. The molecule has 0 bridgehead atoms. The zero-order valence-electron chi connectivity index (χ0n) is 15.7. The standard InChI is InChI=1S/C23H29NO2/c1-3-4-15-24-21(16-18(2)25)17-22(19-11-7-5-8-12-19)23(26)20-13-9-6-10-14-20/h5-14,17,21,23-24,26H,3-4,15-16H2,1-2H3. The third-order valence-corrected chi connectivity index (χ3v) is 4.34. The van der Waals surface area contributed by atoms with E-state index in [0.717, 1.165) is 36.1 Å². The summed E-state index contributed by atoms with van der Waals surface area (Å²) in [5, 5.41) is 14.5. The lowest BCUT2D eigenvalue weighted by atomic mass is 9.92. The van der Waals surface area contributed by atoms with E-state index in [1.54, 1.807) is 6.92 Å². The number of hydrogen-bond donors (Lipinski definition) is 2. The van der Waals surface area contributed by atoms with E-state index in [1.807, 2.05) is 66.7 Å². The van der Waals surface area contributed by atoms with Gasteiger partial charge in [0.05, 0.1) is 0 Å². The Morgan fingerprint density at radius 3 is 2.27 bits per heavy atom. The molecule has 0 saturated carbocycles. The molecule has 0 aliphatic carbocycles. The van der Waals surface area contributed by atoms with E-state index in [9.17, 15) is 9.90 Å². The van der Waals surface area contributed by atoms with Crippen LogP contribution in [0.5, 0.6) is 0 Å². The summed E-state index contributed by atoms with van der Waals surface area (Å²) in [6.07, 6.45) is 3.86. The predicted molar refractivity (Wildman–Crippen MR) is 108 cm³/mol. The Hall–Kier alpha value is -2.23. The first-order valence-electron chi connectivity index (χ1n) is 9.34. The van der Waals surface area contributed by atoms with E-state index in [1.165, 1.54) is 0 Å². The van der Waals surface area contributed by atoms with Gasteiger partial charge in [0.15, 0.2) is 0 Å². The van der Waals surface area contributed by atoms with Crippen LogP contribution in [0.15, 0.2) is 66.7 Å². The highest BCUT2D eigenvalue weighted by molar-refractivity contribution is 5.77. The van der Waals surface area contributed by atoms with Crippen LogP contribution < -0.4 is 5.32 Å². The quantitative estimate of drug-likeness (QED) is 0.618. The van der Waals surface area contributed by atoms with Crippen molar-refractivity contribution < 1.29 is 9.90 Å². The maximum Gasteiger partial charge on any atom is 0.131 e. The second-order valence-electron chi connectivity index (χ2n) is 6.62. The summed E-state index contributed by atoms with van der Waals surface area (Å²) >= 11 is 0. The Morgan fingerprint density at radius 2 is 1.69 bits per heavy atom. The van der Waals surface area contributed by atoms with E-state index >= 15 is 0 Å². The van der Waals surface area contributed by atoms with Crippen molar-refractivity contribution in [3.05, 3.63) is 77.9 Å². The minimum absolute atomic E-state index is 0.0902. The molecule has 0 amide bonds. The van der Waals surface area contributed by atoms with E-state index in [4.69, 9.17) is 0 Å². The fourth-order valence-corrected chi connectivity index (χ4v) is 2.97. The maximum absolute atomic E-state index is 11.7. The van der Waals surface area contributed by atoms with Crippen molar-refractivity contribution in [2.75, 3.05) is 6.54 Å². The van der Waals surface area contributed by atoms with Gasteiger partial charge in [-0.15, -0.1) is 0 Å². The first kappa shape index (κ1) is 20.1. The first-order valence-corrected chi connectivity index (χ1v) is 9.34. The second-order valence-corrected chi connectivity index (χ2v) is 6.62. The normalized spacial score (nSPS) is 14.0. The Kier molecular flexibility index (Phi) is 8.26. The SMILES string of the molecule is CCCCNC(C=C(c1ccccc1)C(O)c1ccccc1)CC(C)=O. The van der Waals surface area contributed by atoms with E-state index in [2.05, 4.69) is 12.2 Å². The van der Waals surface area contributed by atoms with Crippen LogP contribution in [-0.4, -0.2) is 23.5 Å². The molecule has 0 radical (unpaired) electrons. The molecule has 2 rings (SSSR count). The molecule has 0 spiro atoms. The van der Waals surface area contributed by atoms with Gasteiger partial charge in [0.2, 0.25) is 0 Å². The predicted octanol–water partition coefficient (Wildman–Crippen LogP) is 4.54. The topological polar surface area (TPSA) is 49.3 Å². The van der Waals surface area contributed by atoms with Gasteiger partial charge in [-0.3, -0.25) is 4.79 Å². The fraction of sp³-hybridized carbons (Fsp3) is 0.348. The lowest BCUT2D eigenvalue weighted by Gasteiger charge is -2.20. The van der Waals surface area contributed by atoms with Gasteiger partial charge in [0, 0.05) is 12.5 Å². The van der Waals surface area contributed by atoms with Crippen LogP contribution in [0, 0.1) is 0 Å². The summed E-state index contributed by atoms with van der Waals surface area (Å²) in [5.74, 6) is 0.136. The van der Waals surface area contributed by atoms with Crippen LogP contribution in [0.4, 0.5) is 0 Å². The Morgan fingerprint density at radius 1 is 1.08 bits per heavy atom. The number of rotatable bonds is 10. The van der Waals surface area contributed by atoms with Crippen molar-refractivity contribution in [2.45, 2.75) is 45.3 Å². The molecular weight excluding hydrogens is 322 g/mol. The van der Waals surface area contributed by atoms with E-state index in [-0.39, 0.29) is 11.8 Å². The third kappa shape index (κ3) is 6.25. The Balaban J connectivity index is 2.36. The molecular formula is C23H29NO2. The molecule has 0 aliphatic rings. The minimum atomic E-state index is -0.735. The number of unbranched alkanes of at least 4 members (excludes halogenated alkanes) is 1. The highest BCUT2D eigenvalue weighted by Crippen LogP contribution is 2.30. The minimum Gasteiger partial charge on any atom is -0.384 e. The molecule has 2 aromatic rings. The smallest absolute Gasteiger partial charge is 0.131 e. The maximum atomic E-state index is 11.7. The highest BCUT2D eigenvalue weighted by atomic mass is 16.3. The van der Waals surface area contributed by atoms with Crippen LogP contribution in [0.25, 0.3) is 5.57 Å². The largest absolute Gasteiger partial charge is 0.384 e. The summed E-state index contributed by atoms with van der Waals surface area (Å²) in [4.78, 5) is 11.7. The van der Waals surface area contributed by atoms with Gasteiger partial charge in [-0.05, 0) is 36.6 Å². The number of benzene rings is 2. The molecule has 0 aliphatic heterocycles. The molecule has 2 aromatic carbocycles. The van der Waals surface area contributed by atoms with Gasteiger partial charge >= 0.3 is 0 Å². The van der Waals surface area contributed by atoms with E-state index in [0.29, 0.717) is 6.42 Å². The number of Topliss-reactive ketones (excluding diaryl/α,β-unsaturated/α-hetero) is 1. The van der Waals surface area contributed by atoms with Gasteiger partial charge in [-0.25, -0.2) is 0 Å². The molecule has 0 aromatic heterocycles. The fourth-order valence-electron chi connectivity index (χ4n) is 2.97. The third-order valence-electron chi connectivity index (χ3n) is 4.34. The van der Waals surface area contributed by atoms with Crippen LogP contribution >= 0.6 is 0 Å². The zero-order valence-corrected chi connectivity index (χ0v) is 15.7. The van der Waals surface area contributed by atoms with Gasteiger partial charge in [0.1, 0.15) is 11.9 Å². The van der Waals surface area contributed by atoms with Crippen LogP contribution in [0.1, 0.15) is 50.3 Å². The van der Waals surface area contributed by atoms with Crippen molar-refractivity contribution in [3.8, 4) is 0 Å². The number of carbonyl (C=O) groups excluding carboxylic acids is 1. The number of aliphatic hydroxyl groups is 1. The highest BCUT2D eigenvalue weighted by Gasteiger charge is 2.18. The summed E-state index contributed by atoms with van der Waals surface area (Å²) in [5.41, 5.74) is 2.64. The van der Waals surface area contributed by atoms with Crippen LogP contribution in [-0.2, 0) is 4.79 Å². The Labute approximate surface area is 156 Å². The monoisotopic (exact) mass is 351 g/mol. The number of nitrogens with one attached hydrogen (secondary N) is 1. The molecule has 3 heteroatoms. The van der Waals surface area contributed by atoms with Gasteiger partial charge in [-0.1, -0.05) is 80.1 Å². The molecule has 0 heterocycles. The molecule has 2 N–H and O–H groups in total. The van der Waals surface area contributed by atoms with E-state index < -0.39 is 6.10 Å². The average molecular weight is 351 g/mol. The van der Waals surface area contributed by atoms with Gasteiger partial charge < -0.3 is 10.4 Å². The summed E-state index contributed by atoms with van der Waals surface area (Å²) < 4.78 is 0. The summed E-state index contributed by atoms with van der Waals surface area (Å²) in [7, 11) is 0. The zero-order chi connectivity index (χ0) is 18.8. The lowest BCUT2D eigenvalue weighted by Crippen LogP contribution is -2.30. The lowest BCUT2D eigenvalue weighted by molar-refractivity contribution is -0.117. The van der Waals surface area contributed by atoms with Crippen molar-refractivity contribution in [1.29, 1.82) is 0 Å². The van der Waals surface area contributed by atoms with Gasteiger partial charge in [-0.2, -0.15) is 0 Å². The molecule has 2 atom stereocenters. The number of aliphatic hydroxyl groups excluding tert-OH is 1. The van der Waals surface area contributed by atoms with Crippen molar-refractivity contribution >= 4 is 11.4 Å². The van der Waals surface area contributed by atoms with Gasteiger partial charge in [0.25, 0.3) is 0 Å². The van der Waals surface area contributed by atoms with Crippen LogP contribution in [0.3, 0.4) is 0 Å². The Bertz CT molecular complexity index is 695. The van der Waals surface area contributed by atoms with Crippen LogP contribution in [0.2, 0.25) is 0 Å².